The number of aromatic amines is 1. The monoisotopic (exact) mass is 175 g/mol. The van der Waals surface area contributed by atoms with Crippen LogP contribution in [0, 0.1) is 0 Å². The van der Waals surface area contributed by atoms with Crippen molar-refractivity contribution in [1.29, 1.82) is 0 Å². The topological polar surface area (TPSA) is 80.5 Å². The number of anilines is 1. The Hall–Kier alpha value is -0.0136. The van der Waals surface area contributed by atoms with E-state index < -0.39 is 0 Å². The maximum atomic E-state index is 5.48. The maximum Gasteiger partial charge on any atom is 1.00 e. The first kappa shape index (κ1) is 9.08. The summed E-state index contributed by atoms with van der Waals surface area (Å²) in [6.07, 6.45) is 2.92. The van der Waals surface area contributed by atoms with E-state index >= 15 is 0 Å². The second-order valence-electron chi connectivity index (χ2n) is 1.86. The second kappa shape index (κ2) is 3.59. The smallest absolute Gasteiger partial charge is 1.00 e. The van der Waals surface area contributed by atoms with Crippen molar-refractivity contribution in [2.45, 2.75) is 0 Å². The van der Waals surface area contributed by atoms with Crippen LogP contribution in [-0.2, 0) is 0 Å². The van der Waals surface area contributed by atoms with Gasteiger partial charge in [0.15, 0.2) is 11.5 Å². The molecule has 52 valence electrons. The van der Waals surface area contributed by atoms with Gasteiger partial charge in [-0.25, -0.2) is 15.0 Å². The molecular formula is C5H6KN5. The summed E-state index contributed by atoms with van der Waals surface area (Å²) in [4.78, 5) is 14.4. The van der Waals surface area contributed by atoms with Gasteiger partial charge in [-0.05, 0) is 0 Å². The molecule has 3 N–H and O–H groups in total. The fourth-order valence-electron chi connectivity index (χ4n) is 0.784. The van der Waals surface area contributed by atoms with Crippen LogP contribution in [0.25, 0.3) is 11.2 Å². The van der Waals surface area contributed by atoms with Crippen molar-refractivity contribution in [3.63, 3.8) is 0 Å². The third kappa shape index (κ3) is 1.59. The van der Waals surface area contributed by atoms with Crippen molar-refractivity contribution >= 4 is 17.0 Å². The van der Waals surface area contributed by atoms with Crippen molar-refractivity contribution in [3.8, 4) is 0 Å². The van der Waals surface area contributed by atoms with Crippen molar-refractivity contribution in [2.24, 2.45) is 0 Å². The molecule has 0 radical (unpaired) electrons. The van der Waals surface area contributed by atoms with Crippen molar-refractivity contribution in [2.75, 3.05) is 5.73 Å². The van der Waals surface area contributed by atoms with Gasteiger partial charge in [0.1, 0.15) is 11.8 Å². The number of nitrogen functional groups attached to an aromatic ring is 1. The van der Waals surface area contributed by atoms with Gasteiger partial charge in [-0.2, -0.15) is 0 Å². The van der Waals surface area contributed by atoms with Gasteiger partial charge in [-0.1, -0.05) is 0 Å². The maximum absolute atomic E-state index is 5.48. The summed E-state index contributed by atoms with van der Waals surface area (Å²) in [5.41, 5.74) is 6.78. The molecule has 6 heteroatoms. The van der Waals surface area contributed by atoms with Crippen LogP contribution in [0.3, 0.4) is 0 Å². The predicted molar refractivity (Wildman–Crippen MR) is 37.2 cm³/mol. The van der Waals surface area contributed by atoms with Crippen molar-refractivity contribution in [1.82, 2.24) is 19.9 Å². The van der Waals surface area contributed by atoms with E-state index in [4.69, 9.17) is 5.73 Å². The van der Waals surface area contributed by atoms with Gasteiger partial charge in [0.05, 0.1) is 6.33 Å². The number of fused-ring (bicyclic) bond motifs is 1. The van der Waals surface area contributed by atoms with Crippen LogP contribution in [0.2, 0.25) is 0 Å². The molecule has 0 aliphatic rings. The minimum Gasteiger partial charge on any atom is -1.00 e. The first-order chi connectivity index (χ1) is 4.88. The fourth-order valence-corrected chi connectivity index (χ4v) is 0.784. The van der Waals surface area contributed by atoms with Crippen LogP contribution in [0.5, 0.6) is 0 Å². The molecule has 0 aromatic carbocycles. The zero-order valence-electron chi connectivity index (χ0n) is 7.07. The number of imidazole rings is 1. The molecule has 2 aromatic heterocycles. The Morgan fingerprint density at radius 2 is 2.18 bits per heavy atom. The fraction of sp³-hybridized carbons (Fsp3) is 0. The van der Waals surface area contributed by atoms with E-state index in [1.165, 1.54) is 12.7 Å². The Bertz CT molecular complexity index is 361. The van der Waals surface area contributed by atoms with Crippen LogP contribution in [-0.4, -0.2) is 19.9 Å². The minimum absolute atomic E-state index is 0. The van der Waals surface area contributed by atoms with Gasteiger partial charge in [0.2, 0.25) is 0 Å². The molecule has 11 heavy (non-hydrogen) atoms. The first-order valence-electron chi connectivity index (χ1n) is 2.77. The number of nitrogens with zero attached hydrogens (tertiary/aromatic N) is 3. The Morgan fingerprint density at radius 3 is 2.91 bits per heavy atom. The van der Waals surface area contributed by atoms with Crippen molar-refractivity contribution < 1.29 is 52.8 Å². The number of H-pyrrole nitrogens is 1. The van der Waals surface area contributed by atoms with Crippen LogP contribution in [0.4, 0.5) is 5.82 Å². The van der Waals surface area contributed by atoms with E-state index in [0.29, 0.717) is 17.0 Å². The molecule has 5 nitrogen and oxygen atoms in total. The van der Waals surface area contributed by atoms with Gasteiger partial charge in [-0.15, -0.1) is 0 Å². The molecule has 0 bridgehead atoms. The number of nitrogens with one attached hydrogen (secondary N) is 1. The minimum atomic E-state index is 0. The molecule has 2 heterocycles. The summed E-state index contributed by atoms with van der Waals surface area (Å²) in [6.45, 7) is 0. The van der Waals surface area contributed by atoms with Crippen LogP contribution < -0.4 is 57.1 Å². The van der Waals surface area contributed by atoms with Crippen LogP contribution >= 0.6 is 0 Å². The van der Waals surface area contributed by atoms with Gasteiger partial charge in [0.25, 0.3) is 0 Å². The molecular weight excluding hydrogens is 169 g/mol. The molecule has 2 aromatic rings. The molecule has 0 spiro atoms. The molecule has 0 saturated heterocycles. The SMILES string of the molecule is Nc1ncnc2nc[nH]c12.[H-].[K+]. The first-order valence-corrected chi connectivity index (χ1v) is 2.77. The van der Waals surface area contributed by atoms with E-state index in [9.17, 15) is 0 Å². The average molecular weight is 175 g/mol. The van der Waals surface area contributed by atoms with Crippen molar-refractivity contribution in [3.05, 3.63) is 12.7 Å². The second-order valence-corrected chi connectivity index (χ2v) is 1.86. The van der Waals surface area contributed by atoms with E-state index in [-0.39, 0.29) is 52.8 Å². The molecule has 2 rings (SSSR count). The molecule has 0 aliphatic carbocycles. The number of hydrogen-bond donors (Lipinski definition) is 2. The van der Waals surface area contributed by atoms with Crippen LogP contribution in [0.1, 0.15) is 1.43 Å². The summed E-state index contributed by atoms with van der Waals surface area (Å²) in [5, 5.41) is 0. The Labute approximate surface area is 107 Å². The number of hydrogen-bond acceptors (Lipinski definition) is 4. The Morgan fingerprint density at radius 1 is 1.36 bits per heavy atom. The third-order valence-corrected chi connectivity index (χ3v) is 1.25. The van der Waals surface area contributed by atoms with Gasteiger partial charge >= 0.3 is 51.4 Å². The molecule has 0 amide bonds. The normalized spacial score (nSPS) is 9.45. The van der Waals surface area contributed by atoms with Gasteiger partial charge in [-0.3, -0.25) is 0 Å². The summed E-state index contributed by atoms with van der Waals surface area (Å²) in [7, 11) is 0. The standard InChI is InChI=1S/C5H5N5.K.H/c6-4-3-5(9-1-7-3)10-2-8-4;;/h1-2H,(H3,6,7,8,9,10);;/q;+1;-1. The Kier molecular flexibility index (Phi) is 2.96. The van der Waals surface area contributed by atoms with E-state index in [1.807, 2.05) is 0 Å². The van der Waals surface area contributed by atoms with Crippen LogP contribution in [0.15, 0.2) is 12.7 Å². The number of aromatic nitrogens is 4. The zero-order chi connectivity index (χ0) is 6.97. The van der Waals surface area contributed by atoms with E-state index in [2.05, 4.69) is 19.9 Å². The largest absolute Gasteiger partial charge is 1.00 e. The zero-order valence-corrected chi connectivity index (χ0v) is 9.20. The molecule has 0 fully saturated rings. The number of rotatable bonds is 0. The van der Waals surface area contributed by atoms with E-state index in [0.717, 1.165) is 0 Å². The summed E-state index contributed by atoms with van der Waals surface area (Å²) in [5.74, 6) is 0.433. The summed E-state index contributed by atoms with van der Waals surface area (Å²) < 4.78 is 0. The third-order valence-electron chi connectivity index (χ3n) is 1.25. The molecule has 0 unspecified atom stereocenters. The van der Waals surface area contributed by atoms with Gasteiger partial charge in [0, 0.05) is 0 Å². The predicted octanol–water partition coefficient (Wildman–Crippen LogP) is -2.95. The molecule has 0 atom stereocenters. The van der Waals surface area contributed by atoms with E-state index in [1.54, 1.807) is 0 Å². The molecule has 0 aliphatic heterocycles. The number of nitrogens with two attached hydrogens (primary N) is 1. The molecule has 0 saturated carbocycles. The van der Waals surface area contributed by atoms with Gasteiger partial charge < -0.3 is 12.1 Å². The average Bonchev–Trinajstić information content (AvgIpc) is 2.36. The Balaban J connectivity index is 0.000000605. The summed E-state index contributed by atoms with van der Waals surface area (Å²) >= 11 is 0. The quantitative estimate of drug-likeness (QED) is 0.420. The summed E-state index contributed by atoms with van der Waals surface area (Å²) in [6, 6.07) is 0.